The van der Waals surface area contributed by atoms with Gasteiger partial charge < -0.3 is 0 Å². The van der Waals surface area contributed by atoms with Crippen molar-refractivity contribution in [2.75, 3.05) is 20.4 Å². The zero-order chi connectivity index (χ0) is 19.4. The second kappa shape index (κ2) is 7.84. The molecule has 0 aliphatic carbocycles. The van der Waals surface area contributed by atoms with Gasteiger partial charge in [-0.2, -0.15) is 0 Å². The number of hydrogen-bond donors (Lipinski definition) is 0. The van der Waals surface area contributed by atoms with Crippen LogP contribution in [0.1, 0.15) is 0 Å². The van der Waals surface area contributed by atoms with E-state index in [-0.39, 0.29) is 12.1 Å². The fourth-order valence-corrected chi connectivity index (χ4v) is 11.0. The zero-order valence-corrected chi connectivity index (χ0v) is 17.8. The standard InChI is InChI=1S/C22H22BrO3P/c1-25-20-15-9-10-16-21(20)27(23,17-22(24)26-2,18-11-5-3-6-12-18)19-13-7-4-8-14-19/h3-16H,17H2,1-2H3. The molecule has 0 unspecified atom stereocenters. The van der Waals surface area contributed by atoms with Crippen LogP contribution in [0.3, 0.4) is 0 Å². The van der Waals surface area contributed by atoms with Crippen LogP contribution in [-0.4, -0.2) is 26.4 Å². The summed E-state index contributed by atoms with van der Waals surface area (Å²) in [6.45, 7) is 0. The summed E-state index contributed by atoms with van der Waals surface area (Å²) in [7, 11) is 3.08. The van der Waals surface area contributed by atoms with Gasteiger partial charge in [-0.05, 0) is 0 Å². The number of esters is 1. The third-order valence-corrected chi connectivity index (χ3v) is 14.2. The number of hydrogen-bond acceptors (Lipinski definition) is 3. The number of ether oxygens (including phenoxy) is 2. The molecule has 0 heterocycles. The predicted molar refractivity (Wildman–Crippen MR) is 118 cm³/mol. The van der Waals surface area contributed by atoms with Gasteiger partial charge in [-0.15, -0.1) is 0 Å². The van der Waals surface area contributed by atoms with Gasteiger partial charge in [0.2, 0.25) is 0 Å². The minimum atomic E-state index is -3.38. The van der Waals surface area contributed by atoms with Crippen molar-refractivity contribution in [2.45, 2.75) is 0 Å². The fourth-order valence-electron chi connectivity index (χ4n) is 3.49. The summed E-state index contributed by atoms with van der Waals surface area (Å²) in [5.74, 6) is 0.465. The molecule has 0 amide bonds. The molecule has 0 N–H and O–H groups in total. The van der Waals surface area contributed by atoms with Crippen molar-refractivity contribution < 1.29 is 14.3 Å². The quantitative estimate of drug-likeness (QED) is 0.425. The topological polar surface area (TPSA) is 35.5 Å². The van der Waals surface area contributed by atoms with E-state index in [0.717, 1.165) is 21.7 Å². The van der Waals surface area contributed by atoms with Crippen LogP contribution >= 0.6 is 20.8 Å². The van der Waals surface area contributed by atoms with E-state index in [1.807, 2.05) is 60.7 Å². The Balaban J connectivity index is 2.49. The van der Waals surface area contributed by atoms with Crippen LogP contribution in [0.5, 0.6) is 5.75 Å². The molecule has 0 saturated carbocycles. The summed E-state index contributed by atoms with van der Waals surface area (Å²) in [5.41, 5.74) is 0. The molecule has 3 nitrogen and oxygen atoms in total. The molecule has 0 fully saturated rings. The Bertz CT molecular complexity index is 889. The molecule has 3 aromatic rings. The molecular formula is C22H22BrO3P. The maximum atomic E-state index is 12.7. The number of rotatable bonds is 6. The predicted octanol–water partition coefficient (Wildman–Crippen LogP) is 4.01. The van der Waals surface area contributed by atoms with Crippen molar-refractivity contribution in [1.29, 1.82) is 0 Å². The van der Waals surface area contributed by atoms with Gasteiger partial charge in [0.15, 0.2) is 0 Å². The number of halogens is 1. The van der Waals surface area contributed by atoms with Crippen molar-refractivity contribution >= 4 is 42.7 Å². The van der Waals surface area contributed by atoms with Crippen LogP contribution < -0.4 is 20.7 Å². The third kappa shape index (κ3) is 3.28. The van der Waals surface area contributed by atoms with Gasteiger partial charge in [-0.1, -0.05) is 0 Å². The van der Waals surface area contributed by atoms with E-state index in [1.54, 1.807) is 7.11 Å². The Morgan fingerprint density at radius 2 is 1.30 bits per heavy atom. The van der Waals surface area contributed by atoms with E-state index in [2.05, 4.69) is 39.8 Å². The average molecular weight is 445 g/mol. The van der Waals surface area contributed by atoms with Gasteiger partial charge >= 0.3 is 168 Å². The van der Waals surface area contributed by atoms with Crippen molar-refractivity contribution in [3.05, 3.63) is 84.9 Å². The molecule has 0 bridgehead atoms. The number of carbonyl (C=O) groups excluding carboxylic acids is 1. The first-order chi connectivity index (χ1) is 13.0. The summed E-state index contributed by atoms with van der Waals surface area (Å²) < 4.78 is 10.9. The Morgan fingerprint density at radius 1 is 0.815 bits per heavy atom. The first-order valence-electron chi connectivity index (χ1n) is 8.59. The maximum absolute atomic E-state index is 12.7. The molecule has 5 heteroatoms. The summed E-state index contributed by atoms with van der Waals surface area (Å²) in [6, 6.07) is 28.1. The molecule has 0 saturated heterocycles. The number of benzene rings is 3. The fraction of sp³-hybridized carbons (Fsp3) is 0.136. The zero-order valence-electron chi connectivity index (χ0n) is 15.3. The van der Waals surface area contributed by atoms with E-state index >= 15 is 0 Å². The van der Waals surface area contributed by atoms with Crippen molar-refractivity contribution in [3.63, 3.8) is 0 Å². The number of para-hydroxylation sites is 1. The summed E-state index contributed by atoms with van der Waals surface area (Å²) in [6.07, 6.45) is 0.191. The molecule has 0 radical (unpaired) electrons. The van der Waals surface area contributed by atoms with Crippen molar-refractivity contribution in [3.8, 4) is 5.75 Å². The van der Waals surface area contributed by atoms with E-state index in [9.17, 15) is 4.79 Å². The van der Waals surface area contributed by atoms with Crippen LogP contribution in [-0.2, 0) is 9.53 Å². The number of methoxy groups -OCH3 is 2. The molecule has 0 aliphatic heterocycles. The first-order valence-corrected chi connectivity index (χ1v) is 13.0. The monoisotopic (exact) mass is 444 g/mol. The van der Waals surface area contributed by atoms with Gasteiger partial charge in [0, 0.05) is 0 Å². The van der Waals surface area contributed by atoms with Crippen LogP contribution in [0.4, 0.5) is 0 Å². The molecule has 27 heavy (non-hydrogen) atoms. The minimum absolute atomic E-state index is 0.191. The molecule has 0 spiro atoms. The van der Waals surface area contributed by atoms with Gasteiger partial charge in [-0.3, -0.25) is 0 Å². The van der Waals surface area contributed by atoms with Crippen molar-refractivity contribution in [1.82, 2.24) is 0 Å². The van der Waals surface area contributed by atoms with Gasteiger partial charge in [0.1, 0.15) is 0 Å². The summed E-state index contributed by atoms with van der Waals surface area (Å²) in [5, 5.41) is -0.318. The second-order valence-corrected chi connectivity index (χ2v) is 15.2. The molecular weight excluding hydrogens is 423 g/mol. The van der Waals surface area contributed by atoms with Gasteiger partial charge in [-0.25, -0.2) is 0 Å². The van der Waals surface area contributed by atoms with Crippen LogP contribution in [0.2, 0.25) is 0 Å². The third-order valence-electron chi connectivity index (χ3n) is 4.83. The summed E-state index contributed by atoms with van der Waals surface area (Å²) in [4.78, 5) is 12.7. The Morgan fingerprint density at radius 3 is 1.78 bits per heavy atom. The van der Waals surface area contributed by atoms with Crippen LogP contribution in [0, 0.1) is 0 Å². The van der Waals surface area contributed by atoms with Crippen LogP contribution in [0.15, 0.2) is 84.9 Å². The normalized spacial score (nSPS) is 12.6. The molecule has 0 aromatic heterocycles. The molecule has 0 atom stereocenters. The molecule has 140 valence electrons. The number of carbonyl (C=O) groups is 1. The second-order valence-electron chi connectivity index (χ2n) is 6.26. The Kier molecular flexibility index (Phi) is 5.69. The van der Waals surface area contributed by atoms with Gasteiger partial charge in [0.05, 0.1) is 0 Å². The van der Waals surface area contributed by atoms with E-state index < -0.39 is 5.31 Å². The summed E-state index contributed by atoms with van der Waals surface area (Å²) >= 11 is 4.20. The SMILES string of the molecule is COC(=O)CP(Br)(c1ccccc1)(c1ccccc1)c1ccccc1OC. The molecule has 3 rings (SSSR count). The average Bonchev–Trinajstić information content (AvgIpc) is 2.75. The van der Waals surface area contributed by atoms with E-state index in [0.29, 0.717) is 0 Å². The Hall–Kier alpha value is -2.16. The van der Waals surface area contributed by atoms with Crippen LogP contribution in [0.25, 0.3) is 0 Å². The molecule has 3 aromatic carbocycles. The Labute approximate surface area is 168 Å². The molecule has 0 aliphatic rings. The van der Waals surface area contributed by atoms with E-state index in [1.165, 1.54) is 7.11 Å². The first kappa shape index (κ1) is 19.6. The van der Waals surface area contributed by atoms with E-state index in [4.69, 9.17) is 9.47 Å². The van der Waals surface area contributed by atoms with Crippen molar-refractivity contribution in [2.24, 2.45) is 0 Å². The van der Waals surface area contributed by atoms with Gasteiger partial charge in [0.25, 0.3) is 0 Å².